The van der Waals surface area contributed by atoms with Crippen LogP contribution in [0.5, 0.6) is 0 Å². The van der Waals surface area contributed by atoms with E-state index in [0.29, 0.717) is 6.42 Å². The fourth-order valence-electron chi connectivity index (χ4n) is 1.43. The van der Waals surface area contributed by atoms with Crippen LogP contribution in [0.3, 0.4) is 0 Å². The normalized spacial score (nSPS) is 13.2. The van der Waals surface area contributed by atoms with E-state index < -0.39 is 10.0 Å². The first-order chi connectivity index (χ1) is 8.41. The highest BCUT2D eigenvalue weighted by Gasteiger charge is 2.26. The minimum Gasteiger partial charge on any atom is -0.409 e. The molecule has 0 aliphatic rings. The molecule has 0 radical (unpaired) electrons. The third-order valence-corrected chi connectivity index (χ3v) is 4.06. The molecule has 0 saturated heterocycles. The zero-order valence-corrected chi connectivity index (χ0v) is 11.1. The molecule has 1 aromatic heterocycles. The van der Waals surface area contributed by atoms with Gasteiger partial charge in [0.2, 0.25) is 10.0 Å². The number of nitrogens with zero attached hydrogens (tertiary/aromatic N) is 4. The van der Waals surface area contributed by atoms with Gasteiger partial charge in [-0.3, -0.25) is 4.68 Å². The van der Waals surface area contributed by atoms with E-state index in [1.165, 1.54) is 17.1 Å². The van der Waals surface area contributed by atoms with Gasteiger partial charge in [-0.15, -0.1) is 0 Å². The van der Waals surface area contributed by atoms with Gasteiger partial charge in [-0.05, 0) is 6.42 Å². The second kappa shape index (κ2) is 5.83. The predicted molar refractivity (Wildman–Crippen MR) is 65.7 cm³/mol. The lowest BCUT2D eigenvalue weighted by Gasteiger charge is -2.19. The maximum Gasteiger partial charge on any atom is 0.246 e. The van der Waals surface area contributed by atoms with Crippen molar-refractivity contribution in [2.24, 2.45) is 17.9 Å². The van der Waals surface area contributed by atoms with Crippen LogP contribution in [0.1, 0.15) is 13.3 Å². The van der Waals surface area contributed by atoms with E-state index in [1.54, 1.807) is 7.05 Å². The van der Waals surface area contributed by atoms with Crippen LogP contribution in [0.25, 0.3) is 0 Å². The Hall–Kier alpha value is -1.61. The molecule has 0 spiro atoms. The summed E-state index contributed by atoms with van der Waals surface area (Å²) in [4.78, 5) is 0.0872. The number of nitrogens with two attached hydrogens (primary N) is 1. The number of aromatic nitrogens is 2. The molecule has 0 aliphatic carbocycles. The highest BCUT2D eigenvalue weighted by atomic mass is 32.2. The standard InChI is InChI=1S/C9H17N5O3S/c1-3-4-14(7-9(10)12-15)18(16,17)8-5-11-13(2)6-8/h5-6,15H,3-4,7H2,1-2H3,(H2,10,12). The van der Waals surface area contributed by atoms with Gasteiger partial charge in [0.15, 0.2) is 5.84 Å². The van der Waals surface area contributed by atoms with Crippen LogP contribution in [-0.2, 0) is 17.1 Å². The van der Waals surface area contributed by atoms with E-state index >= 15 is 0 Å². The van der Waals surface area contributed by atoms with E-state index in [4.69, 9.17) is 10.9 Å². The Balaban J connectivity index is 3.04. The van der Waals surface area contributed by atoms with Crippen molar-refractivity contribution in [1.29, 1.82) is 0 Å². The number of hydrogen-bond acceptors (Lipinski definition) is 5. The maximum absolute atomic E-state index is 12.3. The number of oxime groups is 1. The Kier molecular flexibility index (Phi) is 4.68. The van der Waals surface area contributed by atoms with Crippen LogP contribution >= 0.6 is 0 Å². The summed E-state index contributed by atoms with van der Waals surface area (Å²) in [5, 5.41) is 15.1. The molecule has 0 saturated carbocycles. The molecule has 102 valence electrons. The largest absolute Gasteiger partial charge is 0.409 e. The summed E-state index contributed by atoms with van der Waals surface area (Å²) in [5.74, 6) is -0.157. The Morgan fingerprint density at radius 3 is 2.78 bits per heavy atom. The molecule has 0 amide bonds. The molecule has 0 bridgehead atoms. The topological polar surface area (TPSA) is 114 Å². The average molecular weight is 275 g/mol. The van der Waals surface area contributed by atoms with Crippen molar-refractivity contribution in [3.8, 4) is 0 Å². The molecule has 0 unspecified atom stereocenters. The van der Waals surface area contributed by atoms with E-state index in [-0.39, 0.29) is 23.8 Å². The van der Waals surface area contributed by atoms with Crippen LogP contribution in [-0.4, -0.2) is 46.6 Å². The fraction of sp³-hybridized carbons (Fsp3) is 0.556. The minimum atomic E-state index is -3.67. The number of sulfonamides is 1. The molecular formula is C9H17N5O3S. The Morgan fingerprint density at radius 2 is 2.33 bits per heavy atom. The Bertz CT molecular complexity index is 522. The molecule has 0 fully saturated rings. The molecule has 18 heavy (non-hydrogen) atoms. The fourth-order valence-corrected chi connectivity index (χ4v) is 2.92. The highest BCUT2D eigenvalue weighted by Crippen LogP contribution is 2.14. The Labute approximate surface area is 106 Å². The predicted octanol–water partition coefficient (Wildman–Crippen LogP) is -0.433. The maximum atomic E-state index is 12.3. The van der Waals surface area contributed by atoms with E-state index in [2.05, 4.69) is 10.3 Å². The minimum absolute atomic E-state index is 0.0872. The summed E-state index contributed by atoms with van der Waals surface area (Å²) in [6.07, 6.45) is 3.30. The van der Waals surface area contributed by atoms with Gasteiger partial charge in [0.1, 0.15) is 4.90 Å². The molecule has 1 rings (SSSR count). The van der Waals surface area contributed by atoms with Crippen LogP contribution in [0.2, 0.25) is 0 Å². The van der Waals surface area contributed by atoms with Crippen LogP contribution in [0, 0.1) is 0 Å². The van der Waals surface area contributed by atoms with Gasteiger partial charge < -0.3 is 10.9 Å². The van der Waals surface area contributed by atoms with Gasteiger partial charge in [-0.2, -0.15) is 9.40 Å². The molecule has 9 heteroatoms. The molecule has 1 aromatic rings. The SMILES string of the molecule is CCCN(CC(N)=NO)S(=O)(=O)c1cnn(C)c1. The highest BCUT2D eigenvalue weighted by molar-refractivity contribution is 7.89. The molecule has 3 N–H and O–H groups in total. The number of rotatable bonds is 6. The first kappa shape index (κ1) is 14.5. The van der Waals surface area contributed by atoms with Crippen LogP contribution in [0.4, 0.5) is 0 Å². The van der Waals surface area contributed by atoms with Crippen molar-refractivity contribution in [3.05, 3.63) is 12.4 Å². The van der Waals surface area contributed by atoms with Gasteiger partial charge in [0.05, 0.1) is 12.7 Å². The third-order valence-electron chi connectivity index (χ3n) is 2.26. The van der Waals surface area contributed by atoms with E-state index in [0.717, 1.165) is 4.31 Å². The third kappa shape index (κ3) is 3.20. The number of aryl methyl sites for hydroxylation is 1. The first-order valence-electron chi connectivity index (χ1n) is 5.37. The zero-order valence-electron chi connectivity index (χ0n) is 10.3. The van der Waals surface area contributed by atoms with Crippen molar-refractivity contribution in [2.75, 3.05) is 13.1 Å². The summed E-state index contributed by atoms with van der Waals surface area (Å²) >= 11 is 0. The summed E-state index contributed by atoms with van der Waals surface area (Å²) < 4.78 is 27.1. The molecular weight excluding hydrogens is 258 g/mol. The lowest BCUT2D eigenvalue weighted by atomic mass is 10.4. The van der Waals surface area contributed by atoms with Crippen molar-refractivity contribution < 1.29 is 13.6 Å². The van der Waals surface area contributed by atoms with Gasteiger partial charge in [-0.25, -0.2) is 8.42 Å². The van der Waals surface area contributed by atoms with Crippen LogP contribution in [0.15, 0.2) is 22.4 Å². The average Bonchev–Trinajstić information content (AvgIpc) is 2.75. The first-order valence-corrected chi connectivity index (χ1v) is 6.81. The second-order valence-corrected chi connectivity index (χ2v) is 5.72. The van der Waals surface area contributed by atoms with Crippen molar-refractivity contribution in [3.63, 3.8) is 0 Å². The molecule has 0 aromatic carbocycles. The lowest BCUT2D eigenvalue weighted by molar-refractivity contribution is 0.314. The molecule has 8 nitrogen and oxygen atoms in total. The summed E-state index contributed by atoms with van der Waals surface area (Å²) in [6, 6.07) is 0. The smallest absolute Gasteiger partial charge is 0.246 e. The lowest BCUT2D eigenvalue weighted by Crippen LogP contribution is -2.38. The van der Waals surface area contributed by atoms with E-state index in [9.17, 15) is 8.42 Å². The van der Waals surface area contributed by atoms with E-state index in [1.807, 2.05) is 6.92 Å². The molecule has 0 atom stereocenters. The summed E-state index contributed by atoms with van der Waals surface area (Å²) in [6.45, 7) is 1.98. The zero-order chi connectivity index (χ0) is 13.8. The quantitative estimate of drug-likeness (QED) is 0.316. The van der Waals surface area contributed by atoms with Crippen LogP contribution < -0.4 is 5.73 Å². The molecule has 0 aliphatic heterocycles. The molecule has 1 heterocycles. The summed E-state index contributed by atoms with van der Waals surface area (Å²) in [5.41, 5.74) is 5.36. The monoisotopic (exact) mass is 275 g/mol. The van der Waals surface area contributed by atoms with Gasteiger partial charge in [-0.1, -0.05) is 12.1 Å². The van der Waals surface area contributed by atoms with Crippen molar-refractivity contribution in [1.82, 2.24) is 14.1 Å². The summed E-state index contributed by atoms with van der Waals surface area (Å²) in [7, 11) is -2.04. The van der Waals surface area contributed by atoms with Crippen molar-refractivity contribution in [2.45, 2.75) is 18.2 Å². The van der Waals surface area contributed by atoms with Gasteiger partial charge in [0, 0.05) is 19.8 Å². The Morgan fingerprint density at radius 1 is 1.67 bits per heavy atom. The van der Waals surface area contributed by atoms with Crippen molar-refractivity contribution >= 4 is 15.9 Å². The number of amidine groups is 1. The van der Waals surface area contributed by atoms with Gasteiger partial charge in [0.25, 0.3) is 0 Å². The number of hydrogen-bond donors (Lipinski definition) is 2. The second-order valence-electron chi connectivity index (χ2n) is 3.78. The van der Waals surface area contributed by atoms with Gasteiger partial charge >= 0.3 is 0 Å².